The van der Waals surface area contributed by atoms with Gasteiger partial charge >= 0.3 is 0 Å². The summed E-state index contributed by atoms with van der Waals surface area (Å²) < 4.78 is 1.10. The van der Waals surface area contributed by atoms with Crippen molar-refractivity contribution in [2.45, 2.75) is 18.9 Å². The van der Waals surface area contributed by atoms with Crippen LogP contribution in [0, 0.1) is 0 Å². The molecule has 0 amide bonds. The fraction of sp³-hybridized carbons (Fsp3) is 0.294. The van der Waals surface area contributed by atoms with Crippen LogP contribution in [0.1, 0.15) is 23.6 Å². The molecular weight excluding hydrogens is 312 g/mol. The third kappa shape index (κ3) is 2.89. The quantitative estimate of drug-likeness (QED) is 0.921. The lowest BCUT2D eigenvalue weighted by Gasteiger charge is -2.22. The summed E-state index contributed by atoms with van der Waals surface area (Å²) in [6, 6.07) is 17.1. The standard InChI is InChI=1S/C17H19BrN2/c18-15-7-5-13(6-8-15)16(19)10-12-20-11-9-14-3-1-2-4-17(14)20/h1-8,16H,9-12,19H2. The minimum absolute atomic E-state index is 0.107. The highest BCUT2D eigenvalue weighted by Gasteiger charge is 2.18. The maximum Gasteiger partial charge on any atom is 0.0399 e. The zero-order chi connectivity index (χ0) is 13.9. The third-order valence-corrected chi connectivity index (χ3v) is 4.52. The molecule has 0 saturated carbocycles. The van der Waals surface area contributed by atoms with E-state index in [1.807, 2.05) is 0 Å². The van der Waals surface area contributed by atoms with Crippen LogP contribution in [-0.2, 0) is 6.42 Å². The highest BCUT2D eigenvalue weighted by molar-refractivity contribution is 9.10. The van der Waals surface area contributed by atoms with Gasteiger partial charge in [0, 0.05) is 29.3 Å². The Hall–Kier alpha value is -1.32. The maximum atomic E-state index is 6.30. The van der Waals surface area contributed by atoms with Crippen molar-refractivity contribution in [3.05, 3.63) is 64.1 Å². The normalized spacial score (nSPS) is 15.2. The summed E-state index contributed by atoms with van der Waals surface area (Å²) in [6.45, 7) is 2.14. The van der Waals surface area contributed by atoms with Gasteiger partial charge in [0.15, 0.2) is 0 Å². The van der Waals surface area contributed by atoms with Gasteiger partial charge in [-0.1, -0.05) is 46.3 Å². The van der Waals surface area contributed by atoms with Gasteiger partial charge in [-0.05, 0) is 42.2 Å². The minimum Gasteiger partial charge on any atom is -0.371 e. The van der Waals surface area contributed by atoms with Crippen LogP contribution in [0.15, 0.2) is 53.0 Å². The Balaban J connectivity index is 1.62. The summed E-state index contributed by atoms with van der Waals surface area (Å²) in [5, 5.41) is 0. The van der Waals surface area contributed by atoms with Crippen molar-refractivity contribution in [3.63, 3.8) is 0 Å². The summed E-state index contributed by atoms with van der Waals surface area (Å²) in [4.78, 5) is 2.45. The van der Waals surface area contributed by atoms with E-state index in [9.17, 15) is 0 Å². The molecule has 0 saturated heterocycles. The predicted octanol–water partition coefficient (Wildman–Crippen LogP) is 3.90. The Kier molecular flexibility index (Phi) is 4.08. The van der Waals surface area contributed by atoms with E-state index < -0.39 is 0 Å². The number of rotatable bonds is 4. The van der Waals surface area contributed by atoms with Crippen LogP contribution in [-0.4, -0.2) is 13.1 Å². The van der Waals surface area contributed by atoms with E-state index in [0.29, 0.717) is 0 Å². The number of hydrogen-bond acceptors (Lipinski definition) is 2. The Morgan fingerprint density at radius 1 is 1.10 bits per heavy atom. The molecule has 0 radical (unpaired) electrons. The number of halogens is 1. The summed E-state index contributed by atoms with van der Waals surface area (Å²) in [6.07, 6.45) is 2.14. The van der Waals surface area contributed by atoms with Crippen LogP contribution < -0.4 is 10.6 Å². The van der Waals surface area contributed by atoms with Crippen molar-refractivity contribution in [3.8, 4) is 0 Å². The molecule has 3 rings (SSSR count). The molecule has 2 aromatic carbocycles. The first-order valence-corrected chi connectivity index (χ1v) is 7.87. The number of anilines is 1. The molecule has 2 aromatic rings. The number of benzene rings is 2. The lowest BCUT2D eigenvalue weighted by molar-refractivity contribution is 0.634. The van der Waals surface area contributed by atoms with Gasteiger partial charge in [-0.15, -0.1) is 0 Å². The number of fused-ring (bicyclic) bond motifs is 1. The van der Waals surface area contributed by atoms with Gasteiger partial charge in [0.1, 0.15) is 0 Å². The van der Waals surface area contributed by atoms with Crippen LogP contribution in [0.25, 0.3) is 0 Å². The van der Waals surface area contributed by atoms with E-state index in [-0.39, 0.29) is 6.04 Å². The molecule has 1 aliphatic heterocycles. The summed E-state index contributed by atoms with van der Waals surface area (Å²) in [5.41, 5.74) is 10.4. The van der Waals surface area contributed by atoms with Gasteiger partial charge < -0.3 is 10.6 Å². The smallest absolute Gasteiger partial charge is 0.0399 e. The fourth-order valence-corrected chi connectivity index (χ4v) is 3.07. The summed E-state index contributed by atoms with van der Waals surface area (Å²) in [5.74, 6) is 0. The minimum atomic E-state index is 0.107. The molecule has 0 aromatic heterocycles. The van der Waals surface area contributed by atoms with E-state index in [2.05, 4.69) is 69.4 Å². The molecule has 3 heteroatoms. The molecule has 1 unspecified atom stereocenters. The molecule has 1 heterocycles. The lowest BCUT2D eigenvalue weighted by Crippen LogP contribution is -2.25. The highest BCUT2D eigenvalue weighted by Crippen LogP contribution is 2.28. The second-order valence-electron chi connectivity index (χ2n) is 5.31. The van der Waals surface area contributed by atoms with Crippen molar-refractivity contribution >= 4 is 21.6 Å². The average molecular weight is 331 g/mol. The molecule has 104 valence electrons. The Morgan fingerprint density at radius 3 is 2.65 bits per heavy atom. The molecule has 20 heavy (non-hydrogen) atoms. The van der Waals surface area contributed by atoms with Crippen LogP contribution in [0.2, 0.25) is 0 Å². The van der Waals surface area contributed by atoms with Gasteiger partial charge in [0.25, 0.3) is 0 Å². The first-order valence-electron chi connectivity index (χ1n) is 7.08. The number of para-hydroxylation sites is 1. The summed E-state index contributed by atoms with van der Waals surface area (Å²) >= 11 is 3.46. The number of hydrogen-bond donors (Lipinski definition) is 1. The van der Waals surface area contributed by atoms with Crippen LogP contribution >= 0.6 is 15.9 Å². The molecule has 1 atom stereocenters. The second kappa shape index (κ2) is 5.98. The van der Waals surface area contributed by atoms with Gasteiger partial charge in [-0.2, -0.15) is 0 Å². The van der Waals surface area contributed by atoms with E-state index in [1.165, 1.54) is 16.8 Å². The molecule has 0 spiro atoms. The SMILES string of the molecule is NC(CCN1CCc2ccccc21)c1ccc(Br)cc1. The van der Waals surface area contributed by atoms with Crippen molar-refractivity contribution in [1.29, 1.82) is 0 Å². The highest BCUT2D eigenvalue weighted by atomic mass is 79.9. The first kappa shape index (κ1) is 13.7. The fourth-order valence-electron chi connectivity index (χ4n) is 2.81. The van der Waals surface area contributed by atoms with Crippen LogP contribution in [0.3, 0.4) is 0 Å². The monoisotopic (exact) mass is 330 g/mol. The van der Waals surface area contributed by atoms with Crippen LogP contribution in [0.5, 0.6) is 0 Å². The molecule has 1 aliphatic rings. The largest absolute Gasteiger partial charge is 0.371 e. The van der Waals surface area contributed by atoms with Crippen LogP contribution in [0.4, 0.5) is 5.69 Å². The Bertz CT molecular complexity index is 580. The van der Waals surface area contributed by atoms with Crippen molar-refractivity contribution in [2.75, 3.05) is 18.0 Å². The molecular formula is C17H19BrN2. The number of nitrogens with zero attached hydrogens (tertiary/aromatic N) is 1. The maximum absolute atomic E-state index is 6.30. The zero-order valence-electron chi connectivity index (χ0n) is 11.4. The Morgan fingerprint density at radius 2 is 1.85 bits per heavy atom. The van der Waals surface area contributed by atoms with E-state index in [1.54, 1.807) is 0 Å². The van der Waals surface area contributed by atoms with Crippen molar-refractivity contribution in [1.82, 2.24) is 0 Å². The van der Waals surface area contributed by atoms with E-state index >= 15 is 0 Å². The van der Waals surface area contributed by atoms with Crippen molar-refractivity contribution < 1.29 is 0 Å². The lowest BCUT2D eigenvalue weighted by atomic mass is 10.0. The topological polar surface area (TPSA) is 29.3 Å². The predicted molar refractivity (Wildman–Crippen MR) is 88.0 cm³/mol. The second-order valence-corrected chi connectivity index (χ2v) is 6.23. The van der Waals surface area contributed by atoms with E-state index in [4.69, 9.17) is 5.73 Å². The zero-order valence-corrected chi connectivity index (χ0v) is 13.0. The van der Waals surface area contributed by atoms with Gasteiger partial charge in [0.05, 0.1) is 0 Å². The summed E-state index contributed by atoms with van der Waals surface area (Å²) in [7, 11) is 0. The molecule has 2 N–H and O–H groups in total. The van der Waals surface area contributed by atoms with Gasteiger partial charge in [0.2, 0.25) is 0 Å². The molecule has 0 fully saturated rings. The third-order valence-electron chi connectivity index (χ3n) is 3.99. The molecule has 0 bridgehead atoms. The van der Waals surface area contributed by atoms with Crippen molar-refractivity contribution in [2.24, 2.45) is 5.73 Å². The average Bonchev–Trinajstić information content (AvgIpc) is 2.89. The molecule has 0 aliphatic carbocycles. The number of nitrogens with two attached hydrogens (primary N) is 1. The van der Waals surface area contributed by atoms with Gasteiger partial charge in [-0.25, -0.2) is 0 Å². The first-order chi connectivity index (χ1) is 9.74. The van der Waals surface area contributed by atoms with Gasteiger partial charge in [-0.3, -0.25) is 0 Å². The van der Waals surface area contributed by atoms with E-state index in [0.717, 1.165) is 30.4 Å². The molecule has 2 nitrogen and oxygen atoms in total. The Labute approximate surface area is 128 Å².